The Hall–Kier alpha value is -2.13. The van der Waals surface area contributed by atoms with Crippen molar-refractivity contribution in [3.63, 3.8) is 0 Å². The number of amides is 1. The van der Waals surface area contributed by atoms with E-state index in [1.165, 1.54) is 11.1 Å². The standard InChI is InChI=1S/C18H20N2O/c19-18(21)17(14-8-2-1-3-9-14)20-16-12-6-10-13-7-4-5-11-15(13)16/h1-5,7-9,11,16-17,20H,6,10,12H2,(H2,19,21)/t16-,17+/m1/s1. The molecule has 3 heteroatoms. The van der Waals surface area contributed by atoms with Crippen LogP contribution in [0.25, 0.3) is 0 Å². The van der Waals surface area contributed by atoms with E-state index in [1.807, 2.05) is 30.3 Å². The van der Waals surface area contributed by atoms with Gasteiger partial charge in [0.1, 0.15) is 6.04 Å². The number of fused-ring (bicyclic) bond motifs is 1. The SMILES string of the molecule is NC(=O)[C@@H](N[C@@H]1CCCc2ccccc21)c1ccccc1. The lowest BCUT2D eigenvalue weighted by Gasteiger charge is -2.29. The summed E-state index contributed by atoms with van der Waals surface area (Å²) in [6, 6.07) is 17.9. The Morgan fingerprint density at radius 3 is 2.57 bits per heavy atom. The molecule has 1 amide bonds. The van der Waals surface area contributed by atoms with Gasteiger partial charge < -0.3 is 5.73 Å². The number of carbonyl (C=O) groups is 1. The van der Waals surface area contributed by atoms with Crippen LogP contribution < -0.4 is 11.1 Å². The molecule has 2 atom stereocenters. The third kappa shape index (κ3) is 2.98. The van der Waals surface area contributed by atoms with Gasteiger partial charge in [0.15, 0.2) is 0 Å². The lowest BCUT2D eigenvalue weighted by Crippen LogP contribution is -2.37. The summed E-state index contributed by atoms with van der Waals surface area (Å²) in [6.07, 6.45) is 3.28. The van der Waals surface area contributed by atoms with E-state index in [-0.39, 0.29) is 11.9 Å². The number of aryl methyl sites for hydroxylation is 1. The van der Waals surface area contributed by atoms with Crippen LogP contribution in [-0.2, 0) is 11.2 Å². The van der Waals surface area contributed by atoms with E-state index >= 15 is 0 Å². The van der Waals surface area contributed by atoms with Crippen LogP contribution in [0.1, 0.15) is 41.6 Å². The minimum absolute atomic E-state index is 0.188. The van der Waals surface area contributed by atoms with Gasteiger partial charge in [-0.2, -0.15) is 0 Å². The van der Waals surface area contributed by atoms with Crippen molar-refractivity contribution in [2.45, 2.75) is 31.3 Å². The summed E-state index contributed by atoms with van der Waals surface area (Å²) in [4.78, 5) is 11.8. The number of rotatable bonds is 4. The summed E-state index contributed by atoms with van der Waals surface area (Å²) in [5.41, 5.74) is 9.20. The Balaban J connectivity index is 1.86. The van der Waals surface area contributed by atoms with Crippen LogP contribution in [0.5, 0.6) is 0 Å². The quantitative estimate of drug-likeness (QED) is 0.904. The third-order valence-electron chi connectivity index (χ3n) is 4.15. The molecule has 0 heterocycles. The molecule has 3 nitrogen and oxygen atoms in total. The molecule has 0 fully saturated rings. The fourth-order valence-corrected chi connectivity index (χ4v) is 3.12. The maximum Gasteiger partial charge on any atom is 0.239 e. The van der Waals surface area contributed by atoms with Crippen LogP contribution in [0.4, 0.5) is 0 Å². The van der Waals surface area contributed by atoms with Gasteiger partial charge in [-0.15, -0.1) is 0 Å². The van der Waals surface area contributed by atoms with Crippen molar-refractivity contribution in [3.05, 3.63) is 71.3 Å². The van der Waals surface area contributed by atoms with Gasteiger partial charge in [0.2, 0.25) is 5.91 Å². The molecule has 3 N–H and O–H groups in total. The fourth-order valence-electron chi connectivity index (χ4n) is 3.12. The molecule has 108 valence electrons. The monoisotopic (exact) mass is 280 g/mol. The molecule has 1 aliphatic rings. The molecule has 21 heavy (non-hydrogen) atoms. The number of hydrogen-bond acceptors (Lipinski definition) is 2. The smallest absolute Gasteiger partial charge is 0.239 e. The van der Waals surface area contributed by atoms with Crippen LogP contribution in [0.15, 0.2) is 54.6 Å². The molecule has 0 radical (unpaired) electrons. The molecular formula is C18H20N2O. The molecule has 0 saturated carbocycles. The summed E-state index contributed by atoms with van der Waals surface area (Å²) in [5.74, 6) is -0.329. The van der Waals surface area contributed by atoms with Crippen LogP contribution in [-0.4, -0.2) is 5.91 Å². The average Bonchev–Trinajstić information content (AvgIpc) is 2.53. The molecule has 2 aromatic carbocycles. The average molecular weight is 280 g/mol. The molecule has 1 aliphatic carbocycles. The molecule has 0 aliphatic heterocycles. The lowest BCUT2D eigenvalue weighted by molar-refractivity contribution is -0.120. The topological polar surface area (TPSA) is 55.1 Å². The van der Waals surface area contributed by atoms with Crippen molar-refractivity contribution < 1.29 is 4.79 Å². The van der Waals surface area contributed by atoms with E-state index in [0.29, 0.717) is 0 Å². The van der Waals surface area contributed by atoms with Crippen molar-refractivity contribution in [1.29, 1.82) is 0 Å². The molecule has 2 aromatic rings. The van der Waals surface area contributed by atoms with Gasteiger partial charge in [0.25, 0.3) is 0 Å². The van der Waals surface area contributed by atoms with Crippen LogP contribution in [0.2, 0.25) is 0 Å². The number of nitrogens with two attached hydrogens (primary N) is 1. The molecule has 0 bridgehead atoms. The van der Waals surface area contributed by atoms with Crippen molar-refractivity contribution in [2.24, 2.45) is 5.73 Å². The first-order valence-corrected chi connectivity index (χ1v) is 7.44. The van der Waals surface area contributed by atoms with Gasteiger partial charge in [-0.3, -0.25) is 10.1 Å². The van der Waals surface area contributed by atoms with Crippen molar-refractivity contribution in [1.82, 2.24) is 5.32 Å². The van der Waals surface area contributed by atoms with Crippen LogP contribution in [0.3, 0.4) is 0 Å². The van der Waals surface area contributed by atoms with Gasteiger partial charge >= 0.3 is 0 Å². The molecule has 3 rings (SSSR count). The van der Waals surface area contributed by atoms with Gasteiger partial charge in [0, 0.05) is 6.04 Å². The van der Waals surface area contributed by atoms with Gasteiger partial charge in [-0.1, -0.05) is 54.6 Å². The zero-order chi connectivity index (χ0) is 14.7. The normalized spacial score (nSPS) is 18.8. The minimum Gasteiger partial charge on any atom is -0.368 e. The number of hydrogen-bond donors (Lipinski definition) is 2. The van der Waals surface area contributed by atoms with Gasteiger partial charge in [0.05, 0.1) is 0 Å². The maximum absolute atomic E-state index is 11.8. The summed E-state index contributed by atoms with van der Waals surface area (Å²) in [5, 5.41) is 3.45. The molecule has 0 aromatic heterocycles. The van der Waals surface area contributed by atoms with Gasteiger partial charge in [-0.05, 0) is 36.0 Å². The number of benzene rings is 2. The molecule has 0 saturated heterocycles. The first kappa shape index (κ1) is 13.8. The van der Waals surface area contributed by atoms with E-state index in [2.05, 4.69) is 29.6 Å². The first-order valence-electron chi connectivity index (χ1n) is 7.44. The summed E-state index contributed by atoms with van der Waals surface area (Å²) >= 11 is 0. The van der Waals surface area contributed by atoms with E-state index in [0.717, 1.165) is 24.8 Å². The van der Waals surface area contributed by atoms with Crippen molar-refractivity contribution >= 4 is 5.91 Å². The van der Waals surface area contributed by atoms with Crippen molar-refractivity contribution in [3.8, 4) is 0 Å². The molecule has 0 unspecified atom stereocenters. The number of nitrogens with one attached hydrogen (secondary N) is 1. The number of carbonyl (C=O) groups excluding carboxylic acids is 1. The predicted octanol–water partition coefficient (Wildman–Crippen LogP) is 2.88. The number of primary amides is 1. The Bertz CT molecular complexity index is 624. The zero-order valence-corrected chi connectivity index (χ0v) is 12.0. The Labute approximate surface area is 125 Å². The highest BCUT2D eigenvalue weighted by molar-refractivity contribution is 5.81. The summed E-state index contributed by atoms with van der Waals surface area (Å²) < 4.78 is 0. The van der Waals surface area contributed by atoms with E-state index in [9.17, 15) is 4.79 Å². The van der Waals surface area contributed by atoms with Crippen LogP contribution in [0, 0.1) is 0 Å². The second kappa shape index (κ2) is 6.10. The largest absolute Gasteiger partial charge is 0.368 e. The maximum atomic E-state index is 11.8. The zero-order valence-electron chi connectivity index (χ0n) is 12.0. The highest BCUT2D eigenvalue weighted by atomic mass is 16.1. The van der Waals surface area contributed by atoms with Crippen LogP contribution >= 0.6 is 0 Å². The molecular weight excluding hydrogens is 260 g/mol. The highest BCUT2D eigenvalue weighted by Gasteiger charge is 2.25. The first-order chi connectivity index (χ1) is 10.3. The summed E-state index contributed by atoms with van der Waals surface area (Å²) in [7, 11) is 0. The summed E-state index contributed by atoms with van der Waals surface area (Å²) in [6.45, 7) is 0. The van der Waals surface area contributed by atoms with E-state index in [1.54, 1.807) is 0 Å². The lowest BCUT2D eigenvalue weighted by atomic mass is 9.87. The second-order valence-electron chi connectivity index (χ2n) is 5.56. The fraction of sp³-hybridized carbons (Fsp3) is 0.278. The van der Waals surface area contributed by atoms with Crippen molar-refractivity contribution in [2.75, 3.05) is 0 Å². The Morgan fingerprint density at radius 1 is 1.10 bits per heavy atom. The minimum atomic E-state index is -0.442. The second-order valence-corrected chi connectivity index (χ2v) is 5.56. The molecule has 0 spiro atoms. The highest BCUT2D eigenvalue weighted by Crippen LogP contribution is 2.31. The predicted molar refractivity (Wildman–Crippen MR) is 83.6 cm³/mol. The van der Waals surface area contributed by atoms with E-state index < -0.39 is 6.04 Å². The Morgan fingerprint density at radius 2 is 1.81 bits per heavy atom. The third-order valence-corrected chi connectivity index (χ3v) is 4.15. The Kier molecular flexibility index (Phi) is 4.02. The van der Waals surface area contributed by atoms with E-state index in [4.69, 9.17) is 5.73 Å². The van der Waals surface area contributed by atoms with Gasteiger partial charge in [-0.25, -0.2) is 0 Å².